The molecule has 0 saturated carbocycles. The number of nitrogens with one attached hydrogen (secondary N) is 5. The Bertz CT molecular complexity index is 996. The van der Waals surface area contributed by atoms with E-state index in [-0.39, 0.29) is 56.5 Å². The highest BCUT2D eigenvalue weighted by atomic mass is 79.9. The van der Waals surface area contributed by atoms with Crippen LogP contribution in [-0.2, 0) is 12.8 Å². The summed E-state index contributed by atoms with van der Waals surface area (Å²) in [5.41, 5.74) is 5.34. The van der Waals surface area contributed by atoms with Crippen LogP contribution in [0.1, 0.15) is 40.9 Å². The van der Waals surface area contributed by atoms with Crippen LogP contribution in [0.5, 0.6) is 0 Å². The molecule has 3 aromatic heterocycles. The van der Waals surface area contributed by atoms with E-state index in [0.29, 0.717) is 17.9 Å². The predicted octanol–water partition coefficient (Wildman–Crippen LogP) is -6.77. The first-order chi connectivity index (χ1) is 13.5. The van der Waals surface area contributed by atoms with Gasteiger partial charge in [-0.1, -0.05) is 0 Å². The summed E-state index contributed by atoms with van der Waals surface area (Å²) in [5, 5.41) is 3.26. The fraction of sp³-hybridized carbons (Fsp3) is 0.333. The van der Waals surface area contributed by atoms with Gasteiger partial charge in [0.1, 0.15) is 0 Å². The van der Waals surface area contributed by atoms with Gasteiger partial charge in [-0.05, 0) is 47.8 Å². The second-order valence-corrected chi connectivity index (χ2v) is 7.98. The summed E-state index contributed by atoms with van der Waals surface area (Å²) in [5.74, 6) is 0.649. The molecular weight excluding hydrogens is 658 g/mol. The maximum absolute atomic E-state index is 12.3. The van der Waals surface area contributed by atoms with Gasteiger partial charge in [0.15, 0.2) is 23.8 Å². The fourth-order valence-corrected chi connectivity index (χ4v) is 3.52. The average Bonchev–Trinajstić information content (AvgIpc) is 2.67. The highest BCUT2D eigenvalue weighted by Gasteiger charge is 2.11. The van der Waals surface area contributed by atoms with Crippen LogP contribution in [0.2, 0.25) is 0 Å². The summed E-state index contributed by atoms with van der Waals surface area (Å²) in [6.07, 6.45) is 9.36. The minimum atomic E-state index is -0.0677. The first-order valence-corrected chi connectivity index (χ1v) is 10.3. The molecule has 0 radical (unpaired) electrons. The lowest BCUT2D eigenvalue weighted by molar-refractivity contribution is -0.391. The Kier molecular flexibility index (Phi) is 14.3. The lowest BCUT2D eigenvalue weighted by atomic mass is 10.1. The summed E-state index contributed by atoms with van der Waals surface area (Å²) in [7, 11) is 0. The van der Waals surface area contributed by atoms with Crippen molar-refractivity contribution >= 4 is 21.9 Å². The van der Waals surface area contributed by atoms with Gasteiger partial charge < -0.3 is 50.9 Å². The van der Waals surface area contributed by atoms with Crippen molar-refractivity contribution in [3.05, 3.63) is 79.7 Å². The van der Waals surface area contributed by atoms with Gasteiger partial charge in [-0.25, -0.2) is 15.0 Å². The number of aromatic nitrogens is 4. The number of hydrogen-bond donors (Lipinski definition) is 2. The molecule has 0 fully saturated rings. The van der Waals surface area contributed by atoms with Gasteiger partial charge in [-0.3, -0.25) is 15.1 Å². The van der Waals surface area contributed by atoms with Crippen molar-refractivity contribution in [3.8, 4) is 0 Å². The number of H-pyrrole nitrogens is 4. The molecule has 0 aromatic carbocycles. The molecule has 0 spiro atoms. The molecule has 0 atom stereocenters. The molecule has 3 heterocycles. The standard InChI is InChI=1S/C21H24BrN5O.3BrH/c1-14-9-18(22)13-25-19(14)5-3-4-8-23-21-26-12-17(20(28)27-21)10-16-7-6-15(2)24-11-16;;;/h6-7,9,11-13H,3-5,8,10H2,1-2H3,(H2,23,26,27,28);3*1H. The van der Waals surface area contributed by atoms with Crippen LogP contribution in [0.3, 0.4) is 0 Å². The van der Waals surface area contributed by atoms with E-state index >= 15 is 0 Å². The van der Waals surface area contributed by atoms with Crippen LogP contribution >= 0.6 is 15.9 Å². The second kappa shape index (κ2) is 14.9. The average molecular weight is 685 g/mol. The predicted molar refractivity (Wildman–Crippen MR) is 111 cm³/mol. The van der Waals surface area contributed by atoms with Crippen LogP contribution in [0, 0.1) is 13.8 Å². The number of halogens is 4. The Labute approximate surface area is 222 Å². The van der Waals surface area contributed by atoms with Gasteiger partial charge in [0.05, 0.1) is 22.8 Å². The Hall–Kier alpha value is -1.10. The number of aromatic amines is 4. The lowest BCUT2D eigenvalue weighted by Crippen LogP contribution is -3.00. The molecular formula is C21H27Br4N5O. The number of anilines is 1. The van der Waals surface area contributed by atoms with E-state index in [9.17, 15) is 4.79 Å². The van der Waals surface area contributed by atoms with E-state index in [2.05, 4.69) is 54.2 Å². The summed E-state index contributed by atoms with van der Waals surface area (Å²) in [6, 6.07) is 6.17. The third-order valence-electron chi connectivity index (χ3n) is 4.72. The summed E-state index contributed by atoms with van der Waals surface area (Å²) in [4.78, 5) is 24.8. The number of aryl methyl sites for hydroxylation is 3. The molecule has 0 amide bonds. The van der Waals surface area contributed by atoms with E-state index in [1.165, 1.54) is 11.3 Å². The Morgan fingerprint density at radius 1 is 1.00 bits per heavy atom. The SMILES string of the molecule is Cc1ccc(Cc2c[nH+]c(NCCCCc3[nH+]cc(Br)cc3C)[nH]c2=O)c[nH+]1.[Br-].[Br-].[Br-]. The molecule has 10 heteroatoms. The zero-order valence-electron chi connectivity index (χ0n) is 17.4. The number of rotatable bonds is 8. The van der Waals surface area contributed by atoms with Crippen molar-refractivity contribution in [3.63, 3.8) is 0 Å². The van der Waals surface area contributed by atoms with E-state index in [1.54, 1.807) is 6.20 Å². The van der Waals surface area contributed by atoms with Gasteiger partial charge in [-0.2, -0.15) is 0 Å². The van der Waals surface area contributed by atoms with Gasteiger partial charge in [0.2, 0.25) is 0 Å². The molecule has 0 bridgehead atoms. The van der Waals surface area contributed by atoms with Crippen LogP contribution in [-0.4, -0.2) is 11.5 Å². The zero-order chi connectivity index (χ0) is 19.9. The number of pyridine rings is 2. The van der Waals surface area contributed by atoms with Gasteiger partial charge in [0.25, 0.3) is 0 Å². The summed E-state index contributed by atoms with van der Waals surface area (Å²) < 4.78 is 1.07. The molecule has 0 aliphatic heterocycles. The molecule has 0 saturated heterocycles. The third kappa shape index (κ3) is 9.51. The molecule has 6 nitrogen and oxygen atoms in total. The molecule has 3 rings (SSSR count). The fourth-order valence-electron chi connectivity index (χ4n) is 3.06. The van der Waals surface area contributed by atoms with Crippen LogP contribution in [0.15, 0.2) is 46.1 Å². The maximum atomic E-state index is 12.3. The summed E-state index contributed by atoms with van der Waals surface area (Å²) >= 11 is 3.47. The molecule has 170 valence electrons. The van der Waals surface area contributed by atoms with Crippen molar-refractivity contribution in [1.82, 2.24) is 4.98 Å². The van der Waals surface area contributed by atoms with E-state index in [4.69, 9.17) is 0 Å². The molecule has 5 N–H and O–H groups in total. The Morgan fingerprint density at radius 3 is 2.42 bits per heavy atom. The highest BCUT2D eigenvalue weighted by molar-refractivity contribution is 9.10. The second-order valence-electron chi connectivity index (χ2n) is 7.06. The molecule has 0 aliphatic rings. The minimum absolute atomic E-state index is 0. The van der Waals surface area contributed by atoms with Crippen LogP contribution < -0.4 is 76.8 Å². The van der Waals surface area contributed by atoms with Gasteiger partial charge in [-0.15, -0.1) is 0 Å². The van der Waals surface area contributed by atoms with E-state index in [1.807, 2.05) is 31.5 Å². The normalized spacial score (nSPS) is 9.77. The van der Waals surface area contributed by atoms with Crippen molar-refractivity contribution in [2.75, 3.05) is 11.9 Å². The van der Waals surface area contributed by atoms with Crippen LogP contribution in [0.25, 0.3) is 0 Å². The quantitative estimate of drug-likeness (QED) is 0.232. The maximum Gasteiger partial charge on any atom is 0.355 e. The smallest absolute Gasteiger partial charge is 0.355 e. The molecule has 0 unspecified atom stereocenters. The first kappa shape index (κ1) is 29.9. The minimum Gasteiger partial charge on any atom is -1.00 e. The molecule has 31 heavy (non-hydrogen) atoms. The van der Waals surface area contributed by atoms with Crippen molar-refractivity contribution in [1.29, 1.82) is 0 Å². The van der Waals surface area contributed by atoms with Crippen molar-refractivity contribution < 1.29 is 65.9 Å². The lowest BCUT2D eigenvalue weighted by Gasteiger charge is -2.02. The van der Waals surface area contributed by atoms with Crippen LogP contribution in [0.4, 0.5) is 5.95 Å². The zero-order valence-corrected chi connectivity index (χ0v) is 23.8. The molecule has 3 aromatic rings. The monoisotopic (exact) mass is 681 g/mol. The molecule has 0 aliphatic carbocycles. The van der Waals surface area contributed by atoms with Crippen molar-refractivity contribution in [2.24, 2.45) is 0 Å². The number of hydrogen-bond acceptors (Lipinski definition) is 2. The number of unbranched alkanes of at least 4 members (excludes halogenated alkanes) is 1. The first-order valence-electron chi connectivity index (χ1n) is 9.53. The van der Waals surface area contributed by atoms with Gasteiger partial charge >= 0.3 is 11.5 Å². The van der Waals surface area contributed by atoms with E-state index in [0.717, 1.165) is 41.5 Å². The highest BCUT2D eigenvalue weighted by Crippen LogP contribution is 2.12. The Balaban J connectivity index is 0.00000300. The van der Waals surface area contributed by atoms with Crippen molar-refractivity contribution in [2.45, 2.75) is 39.5 Å². The summed E-state index contributed by atoms with van der Waals surface area (Å²) in [6.45, 7) is 4.92. The topological polar surface area (TPSA) is 87.3 Å². The van der Waals surface area contributed by atoms with Gasteiger partial charge in [0, 0.05) is 37.0 Å². The largest absolute Gasteiger partial charge is 1.00 e. The Morgan fingerprint density at radius 2 is 1.77 bits per heavy atom. The van der Waals surface area contributed by atoms with E-state index < -0.39 is 0 Å². The third-order valence-corrected chi connectivity index (χ3v) is 5.18.